The van der Waals surface area contributed by atoms with Gasteiger partial charge in [0.05, 0.1) is 6.54 Å². The molecule has 0 aliphatic heterocycles. The van der Waals surface area contributed by atoms with Crippen LogP contribution < -0.4 is 0 Å². The van der Waals surface area contributed by atoms with Gasteiger partial charge in [-0.1, -0.05) is 35.9 Å². The zero-order valence-electron chi connectivity index (χ0n) is 12.0. The molecule has 21 heavy (non-hydrogen) atoms. The van der Waals surface area contributed by atoms with Crippen molar-refractivity contribution >= 4 is 22.6 Å². The highest BCUT2D eigenvalue weighted by molar-refractivity contribution is 14.1. The molecule has 1 aromatic heterocycles. The third-order valence-electron chi connectivity index (χ3n) is 3.48. The molecule has 0 aliphatic carbocycles. The fourth-order valence-corrected chi connectivity index (χ4v) is 2.61. The van der Waals surface area contributed by atoms with E-state index in [0.29, 0.717) is 0 Å². The van der Waals surface area contributed by atoms with Crippen LogP contribution in [0.5, 0.6) is 0 Å². The molecular formula is C17H16IN3. The van der Waals surface area contributed by atoms with Gasteiger partial charge in [-0.05, 0) is 59.7 Å². The van der Waals surface area contributed by atoms with Crippen LogP contribution in [0, 0.1) is 17.4 Å². The molecule has 0 fully saturated rings. The number of nitrogens with zero attached hydrogens (tertiary/aromatic N) is 3. The highest BCUT2D eigenvalue weighted by Crippen LogP contribution is 2.17. The van der Waals surface area contributed by atoms with Gasteiger partial charge >= 0.3 is 0 Å². The molecule has 106 valence electrons. The largest absolute Gasteiger partial charge is 0.248 e. The summed E-state index contributed by atoms with van der Waals surface area (Å²) in [7, 11) is 0. The van der Waals surface area contributed by atoms with E-state index < -0.39 is 0 Å². The second kappa shape index (κ2) is 5.97. The van der Waals surface area contributed by atoms with Gasteiger partial charge in [0.2, 0.25) is 0 Å². The van der Waals surface area contributed by atoms with Gasteiger partial charge < -0.3 is 0 Å². The molecule has 3 nitrogen and oxygen atoms in total. The van der Waals surface area contributed by atoms with Crippen LogP contribution in [0.15, 0.2) is 48.8 Å². The van der Waals surface area contributed by atoms with Crippen LogP contribution in [-0.4, -0.2) is 14.8 Å². The lowest BCUT2D eigenvalue weighted by Gasteiger charge is -2.06. The number of aryl methyl sites for hydroxylation is 2. The Kier molecular flexibility index (Phi) is 4.05. The molecule has 0 spiro atoms. The number of benzene rings is 2. The van der Waals surface area contributed by atoms with Crippen molar-refractivity contribution in [2.45, 2.75) is 20.4 Å². The van der Waals surface area contributed by atoms with Crippen molar-refractivity contribution in [1.29, 1.82) is 0 Å². The van der Waals surface area contributed by atoms with Gasteiger partial charge in [0.1, 0.15) is 6.33 Å². The topological polar surface area (TPSA) is 30.7 Å². The first-order chi connectivity index (χ1) is 10.1. The van der Waals surface area contributed by atoms with E-state index in [2.05, 4.69) is 89.0 Å². The minimum absolute atomic E-state index is 0.755. The molecule has 0 aliphatic rings. The predicted molar refractivity (Wildman–Crippen MR) is 93.2 cm³/mol. The molecule has 3 aromatic rings. The summed E-state index contributed by atoms with van der Waals surface area (Å²) in [5, 5.41) is 4.58. The van der Waals surface area contributed by atoms with Crippen LogP contribution in [-0.2, 0) is 6.54 Å². The number of rotatable bonds is 3. The number of aromatic nitrogens is 3. The summed E-state index contributed by atoms with van der Waals surface area (Å²) in [5.74, 6) is 0.775. The smallest absolute Gasteiger partial charge is 0.181 e. The lowest BCUT2D eigenvalue weighted by Crippen LogP contribution is -2.02. The molecule has 0 N–H and O–H groups in total. The molecule has 0 amide bonds. The van der Waals surface area contributed by atoms with Crippen molar-refractivity contribution in [2.24, 2.45) is 0 Å². The second-order valence-electron chi connectivity index (χ2n) is 5.20. The fourth-order valence-electron chi connectivity index (χ4n) is 2.25. The summed E-state index contributed by atoms with van der Waals surface area (Å²) in [6, 6.07) is 14.8. The van der Waals surface area contributed by atoms with Crippen LogP contribution >= 0.6 is 22.6 Å². The van der Waals surface area contributed by atoms with Crippen LogP contribution in [0.1, 0.15) is 16.7 Å². The second-order valence-corrected chi connectivity index (χ2v) is 6.45. The summed E-state index contributed by atoms with van der Waals surface area (Å²) in [6.45, 7) is 5.00. The van der Waals surface area contributed by atoms with Gasteiger partial charge in [-0.15, -0.1) is 0 Å². The lowest BCUT2D eigenvalue weighted by atomic mass is 10.1. The zero-order valence-corrected chi connectivity index (χ0v) is 14.2. The maximum Gasteiger partial charge on any atom is 0.181 e. The lowest BCUT2D eigenvalue weighted by molar-refractivity contribution is 0.683. The molecule has 0 saturated carbocycles. The predicted octanol–water partition coefficient (Wildman–Crippen LogP) is 4.21. The summed E-state index contributed by atoms with van der Waals surface area (Å²) in [6.07, 6.45) is 1.80. The van der Waals surface area contributed by atoms with E-state index in [-0.39, 0.29) is 0 Å². The number of halogens is 1. The Morgan fingerprint density at radius 3 is 2.57 bits per heavy atom. The molecule has 0 bridgehead atoms. The minimum atomic E-state index is 0.755. The van der Waals surface area contributed by atoms with E-state index in [4.69, 9.17) is 0 Å². The normalized spacial score (nSPS) is 10.8. The van der Waals surface area contributed by atoms with Crippen LogP contribution in [0.3, 0.4) is 0 Å². The van der Waals surface area contributed by atoms with Gasteiger partial charge in [-0.25, -0.2) is 9.67 Å². The van der Waals surface area contributed by atoms with Crippen molar-refractivity contribution in [3.05, 3.63) is 69.1 Å². The van der Waals surface area contributed by atoms with Crippen LogP contribution in [0.25, 0.3) is 11.4 Å². The van der Waals surface area contributed by atoms with Crippen LogP contribution in [0.4, 0.5) is 0 Å². The van der Waals surface area contributed by atoms with E-state index >= 15 is 0 Å². The molecule has 1 heterocycles. The van der Waals surface area contributed by atoms with Gasteiger partial charge in [0, 0.05) is 9.13 Å². The third-order valence-corrected chi connectivity index (χ3v) is 4.20. The average molecular weight is 389 g/mol. The summed E-state index contributed by atoms with van der Waals surface area (Å²) < 4.78 is 3.11. The van der Waals surface area contributed by atoms with E-state index in [1.54, 1.807) is 6.33 Å². The van der Waals surface area contributed by atoms with Gasteiger partial charge in [-0.2, -0.15) is 5.10 Å². The van der Waals surface area contributed by atoms with E-state index in [1.807, 2.05) is 4.68 Å². The SMILES string of the molecule is Cc1ccc(C)c(Cn2cnc(-c3ccc(I)cc3)n2)c1. The maximum absolute atomic E-state index is 4.58. The quantitative estimate of drug-likeness (QED) is 0.629. The summed E-state index contributed by atoms with van der Waals surface area (Å²) in [4.78, 5) is 4.41. The minimum Gasteiger partial charge on any atom is -0.248 e. The first-order valence-corrected chi connectivity index (χ1v) is 7.91. The Balaban J connectivity index is 1.85. The van der Waals surface area contributed by atoms with E-state index in [9.17, 15) is 0 Å². The van der Waals surface area contributed by atoms with Crippen molar-refractivity contribution in [2.75, 3.05) is 0 Å². The Morgan fingerprint density at radius 1 is 1.05 bits per heavy atom. The molecule has 2 aromatic carbocycles. The molecule has 0 saturated heterocycles. The van der Waals surface area contributed by atoms with E-state index in [1.165, 1.54) is 20.3 Å². The monoisotopic (exact) mass is 389 g/mol. The first kappa shape index (κ1) is 14.3. The molecule has 0 unspecified atom stereocenters. The standard InChI is InChI=1S/C17H16IN3/c1-12-3-4-13(2)15(9-12)10-21-11-19-17(20-21)14-5-7-16(18)8-6-14/h3-9,11H,10H2,1-2H3. The summed E-state index contributed by atoms with van der Waals surface area (Å²) in [5.41, 5.74) is 4.89. The van der Waals surface area contributed by atoms with E-state index in [0.717, 1.165) is 17.9 Å². The van der Waals surface area contributed by atoms with Gasteiger partial charge in [-0.3, -0.25) is 0 Å². The maximum atomic E-state index is 4.58. The first-order valence-electron chi connectivity index (χ1n) is 6.83. The molecule has 4 heteroatoms. The highest BCUT2D eigenvalue weighted by atomic mass is 127. The van der Waals surface area contributed by atoms with Crippen LogP contribution in [0.2, 0.25) is 0 Å². The Bertz CT molecular complexity index is 760. The summed E-state index contributed by atoms with van der Waals surface area (Å²) >= 11 is 2.30. The molecular weight excluding hydrogens is 373 g/mol. The Hall–Kier alpha value is -1.69. The molecule has 0 radical (unpaired) electrons. The average Bonchev–Trinajstić information content (AvgIpc) is 2.92. The van der Waals surface area contributed by atoms with Crippen molar-refractivity contribution in [1.82, 2.24) is 14.8 Å². The molecule has 3 rings (SSSR count). The zero-order chi connectivity index (χ0) is 14.8. The fraction of sp³-hybridized carbons (Fsp3) is 0.176. The van der Waals surface area contributed by atoms with Gasteiger partial charge in [0.15, 0.2) is 5.82 Å². The highest BCUT2D eigenvalue weighted by Gasteiger charge is 2.06. The Morgan fingerprint density at radius 2 is 1.81 bits per heavy atom. The van der Waals surface area contributed by atoms with Crippen molar-refractivity contribution < 1.29 is 0 Å². The van der Waals surface area contributed by atoms with Crippen molar-refractivity contribution in [3.8, 4) is 11.4 Å². The Labute approximate surface area is 138 Å². The third kappa shape index (κ3) is 3.32. The number of hydrogen-bond acceptors (Lipinski definition) is 2. The van der Waals surface area contributed by atoms with Crippen molar-refractivity contribution in [3.63, 3.8) is 0 Å². The molecule has 0 atom stereocenters. The van der Waals surface area contributed by atoms with Gasteiger partial charge in [0.25, 0.3) is 0 Å². The number of hydrogen-bond donors (Lipinski definition) is 0.